The lowest BCUT2D eigenvalue weighted by atomic mass is 10.1. The Balaban J connectivity index is 1.72. The van der Waals surface area contributed by atoms with Gasteiger partial charge in [0, 0.05) is 25.2 Å². The van der Waals surface area contributed by atoms with E-state index in [0.717, 1.165) is 32.4 Å². The Labute approximate surface area is 120 Å². The zero-order valence-corrected chi connectivity index (χ0v) is 11.7. The van der Waals surface area contributed by atoms with Gasteiger partial charge in [-0.15, -0.1) is 0 Å². The molecule has 102 valence electrons. The Morgan fingerprint density at radius 1 is 0.850 bits per heavy atom. The van der Waals surface area contributed by atoms with Crippen molar-refractivity contribution >= 4 is 11.5 Å². The molecule has 0 radical (unpaired) electrons. The van der Waals surface area contributed by atoms with Crippen LogP contribution in [0.25, 0.3) is 0 Å². The number of hydrogen-bond donors (Lipinski definition) is 0. The highest BCUT2D eigenvalue weighted by Gasteiger charge is 2.16. The van der Waals surface area contributed by atoms with Crippen molar-refractivity contribution in [3.63, 3.8) is 0 Å². The van der Waals surface area contributed by atoms with Crippen molar-refractivity contribution in [1.82, 2.24) is 0 Å². The molecule has 1 aliphatic heterocycles. The van der Waals surface area contributed by atoms with Crippen molar-refractivity contribution in [3.8, 4) is 0 Å². The summed E-state index contributed by atoms with van der Waals surface area (Å²) in [6.45, 7) is 2.05. The normalized spacial score (nSPS) is 15.0. The van der Waals surface area contributed by atoms with Gasteiger partial charge in [-0.2, -0.15) is 0 Å². The van der Waals surface area contributed by atoms with Gasteiger partial charge in [0.15, 0.2) is 0 Å². The van der Waals surface area contributed by atoms with Crippen LogP contribution >= 0.6 is 0 Å². The zero-order valence-electron chi connectivity index (χ0n) is 11.7. The maximum atomic E-state index is 4.74. The van der Waals surface area contributed by atoms with Crippen LogP contribution in [0.5, 0.6) is 0 Å². The summed E-state index contributed by atoms with van der Waals surface area (Å²) in [4.78, 5) is 7.11. The number of hydrogen-bond acceptors (Lipinski definition) is 2. The molecule has 2 nitrogen and oxygen atoms in total. The predicted octanol–water partition coefficient (Wildman–Crippen LogP) is 3.93. The summed E-state index contributed by atoms with van der Waals surface area (Å²) in [5, 5.41) is 0. The highest BCUT2D eigenvalue weighted by molar-refractivity contribution is 5.98. The minimum atomic E-state index is 0.966. The Bertz CT molecular complexity index is 560. The van der Waals surface area contributed by atoms with E-state index >= 15 is 0 Å². The second-order valence-electron chi connectivity index (χ2n) is 5.12. The molecule has 3 rings (SSSR count). The fourth-order valence-electron chi connectivity index (χ4n) is 2.65. The summed E-state index contributed by atoms with van der Waals surface area (Å²) in [6.07, 6.45) is 3.21. The fourth-order valence-corrected chi connectivity index (χ4v) is 2.65. The van der Waals surface area contributed by atoms with Crippen LogP contribution in [0.15, 0.2) is 65.7 Å². The average Bonchev–Trinajstić information content (AvgIpc) is 2.55. The third kappa shape index (κ3) is 3.08. The standard InChI is InChI=1S/C18H20N2/c1-3-8-16(9-4-1)12-13-18-19-14-7-15-20(18)17-10-5-2-6-11-17/h1-6,8-11H,7,12-15H2. The molecule has 2 aromatic carbocycles. The predicted molar refractivity (Wildman–Crippen MR) is 85.5 cm³/mol. The van der Waals surface area contributed by atoms with E-state index in [1.165, 1.54) is 17.1 Å². The Hall–Kier alpha value is -2.09. The van der Waals surface area contributed by atoms with Crippen LogP contribution in [0.1, 0.15) is 18.4 Å². The van der Waals surface area contributed by atoms with Gasteiger partial charge in [0.2, 0.25) is 0 Å². The second-order valence-corrected chi connectivity index (χ2v) is 5.12. The molecule has 0 unspecified atom stereocenters. The maximum absolute atomic E-state index is 4.74. The van der Waals surface area contributed by atoms with Gasteiger partial charge in [0.05, 0.1) is 0 Å². The number of para-hydroxylation sites is 1. The van der Waals surface area contributed by atoms with E-state index in [1.807, 2.05) is 0 Å². The molecule has 1 aliphatic rings. The van der Waals surface area contributed by atoms with Gasteiger partial charge < -0.3 is 4.90 Å². The minimum absolute atomic E-state index is 0.966. The van der Waals surface area contributed by atoms with Gasteiger partial charge in [0.1, 0.15) is 5.84 Å². The molecule has 0 N–H and O–H groups in total. The number of anilines is 1. The van der Waals surface area contributed by atoms with Gasteiger partial charge in [0.25, 0.3) is 0 Å². The molecule has 20 heavy (non-hydrogen) atoms. The SMILES string of the molecule is c1ccc(CCC2=NCCCN2c2ccccc2)cc1. The van der Waals surface area contributed by atoms with Gasteiger partial charge in [-0.3, -0.25) is 4.99 Å². The summed E-state index contributed by atoms with van der Waals surface area (Å²) in [6, 6.07) is 21.3. The lowest BCUT2D eigenvalue weighted by Crippen LogP contribution is -2.36. The Kier molecular flexibility index (Phi) is 4.12. The van der Waals surface area contributed by atoms with Crippen molar-refractivity contribution in [3.05, 3.63) is 66.2 Å². The van der Waals surface area contributed by atoms with Crippen molar-refractivity contribution in [1.29, 1.82) is 0 Å². The summed E-state index contributed by atoms with van der Waals surface area (Å²) >= 11 is 0. The quantitative estimate of drug-likeness (QED) is 0.817. The number of benzene rings is 2. The third-order valence-electron chi connectivity index (χ3n) is 3.69. The van der Waals surface area contributed by atoms with E-state index in [2.05, 4.69) is 65.6 Å². The van der Waals surface area contributed by atoms with Crippen LogP contribution in [-0.2, 0) is 6.42 Å². The molecule has 2 heteroatoms. The van der Waals surface area contributed by atoms with Gasteiger partial charge in [-0.05, 0) is 30.5 Å². The average molecular weight is 264 g/mol. The molecule has 1 heterocycles. The number of aliphatic imine (C=N–C) groups is 1. The van der Waals surface area contributed by atoms with Crippen molar-refractivity contribution in [2.45, 2.75) is 19.3 Å². The van der Waals surface area contributed by atoms with E-state index in [4.69, 9.17) is 4.99 Å². The van der Waals surface area contributed by atoms with E-state index < -0.39 is 0 Å². The minimum Gasteiger partial charge on any atom is -0.330 e. The van der Waals surface area contributed by atoms with Crippen LogP contribution in [0.2, 0.25) is 0 Å². The molecular formula is C18H20N2. The van der Waals surface area contributed by atoms with Crippen LogP contribution in [0, 0.1) is 0 Å². The van der Waals surface area contributed by atoms with Crippen LogP contribution in [0.4, 0.5) is 5.69 Å². The van der Waals surface area contributed by atoms with E-state index in [9.17, 15) is 0 Å². The smallest absolute Gasteiger partial charge is 0.104 e. The van der Waals surface area contributed by atoms with Gasteiger partial charge in [-0.1, -0.05) is 48.5 Å². The van der Waals surface area contributed by atoms with Crippen molar-refractivity contribution < 1.29 is 0 Å². The molecule has 0 fully saturated rings. The first-order valence-corrected chi connectivity index (χ1v) is 7.33. The van der Waals surface area contributed by atoms with E-state index in [-0.39, 0.29) is 0 Å². The third-order valence-corrected chi connectivity index (χ3v) is 3.69. The Morgan fingerprint density at radius 2 is 1.55 bits per heavy atom. The van der Waals surface area contributed by atoms with Crippen LogP contribution in [-0.4, -0.2) is 18.9 Å². The fraction of sp³-hybridized carbons (Fsp3) is 0.278. The van der Waals surface area contributed by atoms with Gasteiger partial charge >= 0.3 is 0 Å². The second kappa shape index (κ2) is 6.38. The molecule has 0 atom stereocenters. The van der Waals surface area contributed by atoms with Gasteiger partial charge in [-0.25, -0.2) is 0 Å². The zero-order chi connectivity index (χ0) is 13.6. The largest absolute Gasteiger partial charge is 0.330 e. The number of amidine groups is 1. The topological polar surface area (TPSA) is 15.6 Å². The Morgan fingerprint density at radius 3 is 2.30 bits per heavy atom. The molecule has 0 bridgehead atoms. The molecule has 0 spiro atoms. The van der Waals surface area contributed by atoms with Crippen molar-refractivity contribution in [2.75, 3.05) is 18.0 Å². The molecule has 0 aliphatic carbocycles. The highest BCUT2D eigenvalue weighted by Crippen LogP contribution is 2.19. The first-order valence-electron chi connectivity index (χ1n) is 7.33. The van der Waals surface area contributed by atoms with Crippen LogP contribution in [0.3, 0.4) is 0 Å². The van der Waals surface area contributed by atoms with Crippen LogP contribution < -0.4 is 4.90 Å². The summed E-state index contributed by atoms with van der Waals surface area (Å²) in [5.74, 6) is 1.23. The molecule has 2 aromatic rings. The summed E-state index contributed by atoms with van der Waals surface area (Å²) < 4.78 is 0. The monoisotopic (exact) mass is 264 g/mol. The van der Waals surface area contributed by atoms with E-state index in [0.29, 0.717) is 0 Å². The molecular weight excluding hydrogens is 244 g/mol. The maximum Gasteiger partial charge on any atom is 0.104 e. The highest BCUT2D eigenvalue weighted by atomic mass is 15.2. The lowest BCUT2D eigenvalue weighted by Gasteiger charge is -2.29. The van der Waals surface area contributed by atoms with Crippen molar-refractivity contribution in [2.24, 2.45) is 4.99 Å². The van der Waals surface area contributed by atoms with E-state index in [1.54, 1.807) is 0 Å². The number of aryl methyl sites for hydroxylation is 1. The number of rotatable bonds is 4. The number of nitrogens with zero attached hydrogens (tertiary/aromatic N) is 2. The first-order chi connectivity index (χ1) is 9.93. The summed E-state index contributed by atoms with van der Waals surface area (Å²) in [7, 11) is 0. The summed E-state index contributed by atoms with van der Waals surface area (Å²) in [5.41, 5.74) is 2.65. The first kappa shape index (κ1) is 12.9. The molecule has 0 saturated heterocycles. The molecule has 0 saturated carbocycles. The lowest BCUT2D eigenvalue weighted by molar-refractivity contribution is 0.771. The molecule has 0 aromatic heterocycles. The molecule has 0 amide bonds.